The van der Waals surface area contributed by atoms with Gasteiger partial charge in [0, 0.05) is 49.5 Å². The third kappa shape index (κ3) is 7.13. The molecular weight excluding hydrogens is 434 g/mol. The van der Waals surface area contributed by atoms with Crippen LogP contribution in [0.15, 0.2) is 53.8 Å². The molecule has 0 aliphatic carbocycles. The molecule has 0 aromatic heterocycles. The molecule has 0 bridgehead atoms. The van der Waals surface area contributed by atoms with E-state index in [1.54, 1.807) is 25.1 Å². The van der Waals surface area contributed by atoms with Crippen molar-refractivity contribution in [2.45, 2.75) is 39.0 Å². The van der Waals surface area contributed by atoms with Gasteiger partial charge in [0.25, 0.3) is 11.8 Å². The molecule has 1 saturated heterocycles. The largest absolute Gasteiger partial charge is 0.375 e. The van der Waals surface area contributed by atoms with Crippen molar-refractivity contribution in [1.82, 2.24) is 15.5 Å². The zero-order valence-electron chi connectivity index (χ0n) is 20.0. The number of allylic oxidation sites excluding steroid dienone is 2. The van der Waals surface area contributed by atoms with Crippen molar-refractivity contribution in [3.05, 3.63) is 70.5 Å². The lowest BCUT2D eigenvalue weighted by Gasteiger charge is -2.23. The highest BCUT2D eigenvalue weighted by molar-refractivity contribution is 6.09. The van der Waals surface area contributed by atoms with Gasteiger partial charge in [-0.25, -0.2) is 8.78 Å². The number of carbonyl (C=O) groups is 1. The molecule has 34 heavy (non-hydrogen) atoms. The average Bonchev–Trinajstić information content (AvgIpc) is 3.32. The summed E-state index contributed by atoms with van der Waals surface area (Å²) in [7, 11) is 2.04. The van der Waals surface area contributed by atoms with Crippen LogP contribution in [0.5, 0.6) is 0 Å². The molecule has 1 unspecified atom stereocenters. The molecule has 0 radical (unpaired) electrons. The van der Waals surface area contributed by atoms with Gasteiger partial charge in [0.15, 0.2) is 0 Å². The Labute approximate surface area is 200 Å². The summed E-state index contributed by atoms with van der Waals surface area (Å²) in [5.41, 5.74) is 4.26. The van der Waals surface area contributed by atoms with E-state index in [9.17, 15) is 13.6 Å². The van der Waals surface area contributed by atoms with Gasteiger partial charge in [-0.15, -0.1) is 0 Å². The topological polar surface area (TPSA) is 68.2 Å². The number of nitrogens with zero attached hydrogens (tertiary/aromatic N) is 1. The molecular formula is C27H32F2N4O. The summed E-state index contributed by atoms with van der Waals surface area (Å²) in [5.74, 6) is 3.03. The van der Waals surface area contributed by atoms with Crippen LogP contribution in [0, 0.1) is 30.1 Å². The van der Waals surface area contributed by atoms with Crippen LogP contribution >= 0.6 is 0 Å². The number of amidine groups is 1. The molecule has 1 amide bonds. The standard InChI is InChI=1S/C27H32F2N4O/c1-4-11-27(28,29)12-9-25(30)32-26(34)22-7-5-19(2)21(15-22)8-6-20-14-24(18-33(3)17-20)23-10-13-31-16-23/h5,7,9,12,14-15,18,23,31H,4,10-11,13,16-17H2,1-3H3,(H2,30,32,34)/b12-9+. The maximum absolute atomic E-state index is 13.6. The van der Waals surface area contributed by atoms with E-state index in [0.717, 1.165) is 43.3 Å². The fraction of sp³-hybridized carbons (Fsp3) is 0.407. The Kier molecular flexibility index (Phi) is 8.41. The summed E-state index contributed by atoms with van der Waals surface area (Å²) in [6.45, 7) is 6.32. The van der Waals surface area contributed by atoms with Crippen LogP contribution in [0.4, 0.5) is 8.78 Å². The van der Waals surface area contributed by atoms with E-state index < -0.39 is 11.8 Å². The van der Waals surface area contributed by atoms with Crippen molar-refractivity contribution in [3.8, 4) is 11.8 Å². The lowest BCUT2D eigenvalue weighted by atomic mass is 9.94. The Balaban J connectivity index is 1.71. The van der Waals surface area contributed by atoms with Crippen LogP contribution in [0.1, 0.15) is 47.7 Å². The van der Waals surface area contributed by atoms with Gasteiger partial charge in [-0.05, 0) is 67.3 Å². The lowest BCUT2D eigenvalue weighted by Crippen LogP contribution is -2.29. The van der Waals surface area contributed by atoms with Crippen LogP contribution in [0.2, 0.25) is 0 Å². The number of halogens is 2. The highest BCUT2D eigenvalue weighted by atomic mass is 19.3. The van der Waals surface area contributed by atoms with Crippen molar-refractivity contribution < 1.29 is 13.6 Å². The maximum atomic E-state index is 13.6. The van der Waals surface area contributed by atoms with E-state index in [1.165, 1.54) is 5.57 Å². The number of hydrogen-bond acceptors (Lipinski definition) is 4. The number of hydrogen-bond donors (Lipinski definition) is 3. The first-order valence-electron chi connectivity index (χ1n) is 11.6. The van der Waals surface area contributed by atoms with Crippen LogP contribution in [0.3, 0.4) is 0 Å². The molecule has 1 atom stereocenters. The monoisotopic (exact) mass is 466 g/mol. The van der Waals surface area contributed by atoms with E-state index in [4.69, 9.17) is 5.41 Å². The van der Waals surface area contributed by atoms with Crippen molar-refractivity contribution in [3.63, 3.8) is 0 Å². The average molecular weight is 467 g/mol. The highest BCUT2D eigenvalue weighted by Crippen LogP contribution is 2.24. The second kappa shape index (κ2) is 11.3. The van der Waals surface area contributed by atoms with E-state index in [1.807, 2.05) is 14.0 Å². The second-order valence-electron chi connectivity index (χ2n) is 8.90. The highest BCUT2D eigenvalue weighted by Gasteiger charge is 2.23. The number of benzene rings is 1. The van der Waals surface area contributed by atoms with E-state index in [-0.39, 0.29) is 12.3 Å². The van der Waals surface area contributed by atoms with E-state index >= 15 is 0 Å². The molecule has 2 aliphatic heterocycles. The minimum absolute atomic E-state index is 0.300. The Hall–Kier alpha value is -3.24. The van der Waals surface area contributed by atoms with Gasteiger partial charge in [-0.2, -0.15) is 0 Å². The van der Waals surface area contributed by atoms with Crippen molar-refractivity contribution >= 4 is 11.7 Å². The van der Waals surface area contributed by atoms with E-state index in [2.05, 4.69) is 39.7 Å². The summed E-state index contributed by atoms with van der Waals surface area (Å²) in [5, 5.41) is 13.5. The number of aryl methyl sites for hydroxylation is 1. The Morgan fingerprint density at radius 2 is 2.18 bits per heavy atom. The molecule has 3 rings (SSSR count). The number of nitrogens with one attached hydrogen (secondary N) is 3. The van der Waals surface area contributed by atoms with Gasteiger partial charge in [-0.1, -0.05) is 31.3 Å². The van der Waals surface area contributed by atoms with Gasteiger partial charge in [0.1, 0.15) is 5.84 Å². The maximum Gasteiger partial charge on any atom is 0.266 e. The predicted molar refractivity (Wildman–Crippen MR) is 132 cm³/mol. The van der Waals surface area contributed by atoms with Gasteiger partial charge < -0.3 is 15.5 Å². The summed E-state index contributed by atoms with van der Waals surface area (Å²) < 4.78 is 27.2. The number of alkyl halides is 2. The van der Waals surface area contributed by atoms with Crippen LogP contribution in [-0.4, -0.2) is 49.2 Å². The molecule has 2 aliphatic rings. The molecule has 0 spiro atoms. The van der Waals surface area contributed by atoms with Crippen molar-refractivity contribution in [1.29, 1.82) is 5.41 Å². The Bertz CT molecular complexity index is 1090. The van der Waals surface area contributed by atoms with Crippen LogP contribution in [0.25, 0.3) is 0 Å². The Morgan fingerprint density at radius 1 is 1.38 bits per heavy atom. The molecule has 2 heterocycles. The van der Waals surface area contributed by atoms with Gasteiger partial charge in [-0.3, -0.25) is 10.2 Å². The minimum atomic E-state index is -3.00. The van der Waals surface area contributed by atoms with Crippen LogP contribution in [-0.2, 0) is 0 Å². The zero-order valence-corrected chi connectivity index (χ0v) is 20.0. The number of carbonyl (C=O) groups excluding carboxylic acids is 1. The number of likely N-dealkylation sites (N-methyl/N-ethyl adjacent to an activating group) is 1. The van der Waals surface area contributed by atoms with Crippen molar-refractivity contribution in [2.24, 2.45) is 5.92 Å². The van der Waals surface area contributed by atoms with E-state index in [0.29, 0.717) is 29.5 Å². The van der Waals surface area contributed by atoms with Gasteiger partial charge >= 0.3 is 0 Å². The summed E-state index contributed by atoms with van der Waals surface area (Å²) in [6, 6.07) is 5.11. The first-order chi connectivity index (χ1) is 16.2. The van der Waals surface area contributed by atoms with Gasteiger partial charge in [0.05, 0.1) is 0 Å². The van der Waals surface area contributed by atoms with Crippen LogP contribution < -0.4 is 10.6 Å². The molecule has 7 heteroatoms. The molecule has 180 valence electrons. The third-order valence-corrected chi connectivity index (χ3v) is 5.84. The number of rotatable bonds is 6. The quantitative estimate of drug-likeness (QED) is 0.331. The molecule has 3 N–H and O–H groups in total. The summed E-state index contributed by atoms with van der Waals surface area (Å²) >= 11 is 0. The zero-order chi connectivity index (χ0) is 24.7. The Morgan fingerprint density at radius 3 is 2.88 bits per heavy atom. The third-order valence-electron chi connectivity index (χ3n) is 5.84. The number of amides is 1. The lowest BCUT2D eigenvalue weighted by molar-refractivity contribution is 0.0449. The fourth-order valence-electron chi connectivity index (χ4n) is 3.99. The minimum Gasteiger partial charge on any atom is -0.375 e. The molecule has 1 aromatic rings. The molecule has 1 aromatic carbocycles. The molecule has 1 fully saturated rings. The molecule has 0 saturated carbocycles. The smallest absolute Gasteiger partial charge is 0.266 e. The predicted octanol–water partition coefficient (Wildman–Crippen LogP) is 4.41. The first-order valence-corrected chi connectivity index (χ1v) is 11.6. The summed E-state index contributed by atoms with van der Waals surface area (Å²) in [6.07, 6.45) is 7.08. The SMILES string of the molecule is CCCC(F)(F)/C=C/C(=N)NC(=O)c1ccc(C)c(C#CC2=CC(C3CCNC3)=CN(C)C2)c1. The molecule has 5 nitrogen and oxygen atoms in total. The summed E-state index contributed by atoms with van der Waals surface area (Å²) in [4.78, 5) is 14.7. The van der Waals surface area contributed by atoms with Gasteiger partial charge in [0.2, 0.25) is 0 Å². The van der Waals surface area contributed by atoms with Crippen molar-refractivity contribution in [2.75, 3.05) is 26.7 Å². The normalized spacial score (nSPS) is 18.3. The fourth-order valence-corrected chi connectivity index (χ4v) is 3.99. The first kappa shape index (κ1) is 25.4. The second-order valence-corrected chi connectivity index (χ2v) is 8.90.